The first-order valence-corrected chi connectivity index (χ1v) is 8.92. The van der Waals surface area contributed by atoms with Crippen LogP contribution in [0.3, 0.4) is 0 Å². The minimum absolute atomic E-state index is 0.0412. The van der Waals surface area contributed by atoms with Gasteiger partial charge in [0.05, 0.1) is 17.4 Å². The summed E-state index contributed by atoms with van der Waals surface area (Å²) in [6.07, 6.45) is 0.0412. The molecule has 9 heteroatoms. The van der Waals surface area contributed by atoms with Crippen molar-refractivity contribution in [3.05, 3.63) is 41.7 Å². The van der Waals surface area contributed by atoms with Crippen molar-refractivity contribution >= 4 is 41.0 Å². The molecule has 0 aliphatic carbocycles. The van der Waals surface area contributed by atoms with E-state index in [1.807, 2.05) is 0 Å². The van der Waals surface area contributed by atoms with Gasteiger partial charge >= 0.3 is 0 Å². The maximum absolute atomic E-state index is 12.1. The molecule has 1 aromatic heterocycles. The van der Waals surface area contributed by atoms with Crippen molar-refractivity contribution in [3.63, 3.8) is 0 Å². The molecule has 0 bridgehead atoms. The smallest absolute Gasteiger partial charge is 0.238 e. The molecule has 3 amide bonds. The predicted octanol–water partition coefficient (Wildman–Crippen LogP) is 1.71. The normalized spacial score (nSPS) is 11.6. The number of thioether (sulfide) groups is 1. The van der Waals surface area contributed by atoms with E-state index >= 15 is 0 Å². The number of carbonyl (C=O) groups is 3. The molecule has 1 heterocycles. The molecule has 2 aromatic rings. The second kappa shape index (κ2) is 9.04. The number of nitrogens with two attached hydrogens (primary N) is 1. The van der Waals surface area contributed by atoms with Gasteiger partial charge in [-0.25, -0.2) is 0 Å². The summed E-state index contributed by atoms with van der Waals surface area (Å²) in [4.78, 5) is 35.3. The van der Waals surface area contributed by atoms with Crippen molar-refractivity contribution in [2.45, 2.75) is 25.5 Å². The van der Waals surface area contributed by atoms with Crippen LogP contribution in [0, 0.1) is 6.92 Å². The van der Waals surface area contributed by atoms with E-state index in [4.69, 9.17) is 10.3 Å². The number of nitrogens with one attached hydrogen (secondary N) is 2. The Morgan fingerprint density at radius 2 is 2.00 bits per heavy atom. The highest BCUT2D eigenvalue weighted by Crippen LogP contribution is 2.18. The van der Waals surface area contributed by atoms with E-state index in [0.29, 0.717) is 22.8 Å². The van der Waals surface area contributed by atoms with Crippen LogP contribution in [0.25, 0.3) is 0 Å². The average Bonchev–Trinajstić information content (AvgIpc) is 2.98. The van der Waals surface area contributed by atoms with Crippen molar-refractivity contribution in [1.82, 2.24) is 5.16 Å². The standard InChI is InChI=1S/C17H20N4O4S/c1-10-7-15(21-25-10)20-17(24)11(2)26-9-16(23)19-13-6-4-3-5-12(13)8-14(18)22/h3-7,11H,8-9H2,1-2H3,(H2,18,22)(H,19,23)(H,20,21,24). The van der Waals surface area contributed by atoms with Gasteiger partial charge in [0.1, 0.15) is 5.76 Å². The predicted molar refractivity (Wildman–Crippen MR) is 99.8 cm³/mol. The molecule has 1 aromatic carbocycles. The minimum Gasteiger partial charge on any atom is -0.369 e. The van der Waals surface area contributed by atoms with Crippen LogP contribution in [0.5, 0.6) is 0 Å². The molecule has 0 fully saturated rings. The number of rotatable bonds is 8. The van der Waals surface area contributed by atoms with Gasteiger partial charge < -0.3 is 20.9 Å². The Labute approximate surface area is 154 Å². The maximum Gasteiger partial charge on any atom is 0.238 e. The molecule has 4 N–H and O–H groups in total. The Balaban J connectivity index is 1.84. The first-order chi connectivity index (χ1) is 12.3. The molecule has 1 atom stereocenters. The molecule has 0 aliphatic rings. The number of hydrogen-bond donors (Lipinski definition) is 3. The molecule has 0 radical (unpaired) electrons. The highest BCUT2D eigenvalue weighted by Gasteiger charge is 2.17. The fourth-order valence-corrected chi connectivity index (χ4v) is 2.78. The number of nitrogens with zero attached hydrogens (tertiary/aromatic N) is 1. The van der Waals surface area contributed by atoms with Gasteiger partial charge in [-0.2, -0.15) is 0 Å². The molecule has 0 saturated heterocycles. The number of hydrogen-bond acceptors (Lipinski definition) is 6. The van der Waals surface area contributed by atoms with Gasteiger partial charge in [-0.3, -0.25) is 14.4 Å². The number of carbonyl (C=O) groups excluding carboxylic acids is 3. The number of aryl methyl sites for hydroxylation is 1. The first kappa shape index (κ1) is 19.5. The molecule has 0 aliphatic heterocycles. The van der Waals surface area contributed by atoms with Crippen LogP contribution in [0.2, 0.25) is 0 Å². The summed E-state index contributed by atoms with van der Waals surface area (Å²) < 4.78 is 4.88. The monoisotopic (exact) mass is 376 g/mol. The Hall–Kier alpha value is -2.81. The van der Waals surface area contributed by atoms with Gasteiger partial charge in [0, 0.05) is 11.8 Å². The summed E-state index contributed by atoms with van der Waals surface area (Å²) in [6, 6.07) is 8.55. The lowest BCUT2D eigenvalue weighted by atomic mass is 10.1. The summed E-state index contributed by atoms with van der Waals surface area (Å²) >= 11 is 1.18. The second-order valence-corrected chi connectivity index (χ2v) is 6.94. The van der Waals surface area contributed by atoms with Gasteiger partial charge in [0.2, 0.25) is 17.7 Å². The van der Waals surface area contributed by atoms with Gasteiger partial charge in [-0.05, 0) is 25.5 Å². The van der Waals surface area contributed by atoms with Crippen molar-refractivity contribution in [2.75, 3.05) is 16.4 Å². The summed E-state index contributed by atoms with van der Waals surface area (Å²) in [5.74, 6) is -0.0138. The van der Waals surface area contributed by atoms with Gasteiger partial charge in [0.15, 0.2) is 5.82 Å². The fraction of sp³-hybridized carbons (Fsp3) is 0.294. The lowest BCUT2D eigenvalue weighted by molar-refractivity contribution is -0.117. The molecule has 0 spiro atoms. The highest BCUT2D eigenvalue weighted by molar-refractivity contribution is 8.01. The Kier molecular flexibility index (Phi) is 6.79. The highest BCUT2D eigenvalue weighted by atomic mass is 32.2. The van der Waals surface area contributed by atoms with E-state index in [2.05, 4.69) is 15.8 Å². The minimum atomic E-state index is -0.477. The van der Waals surface area contributed by atoms with Crippen molar-refractivity contribution in [3.8, 4) is 0 Å². The van der Waals surface area contributed by atoms with Crippen LogP contribution in [0.1, 0.15) is 18.2 Å². The second-order valence-electron chi connectivity index (χ2n) is 5.61. The third-order valence-electron chi connectivity index (χ3n) is 3.37. The lowest BCUT2D eigenvalue weighted by Gasteiger charge is -2.12. The van der Waals surface area contributed by atoms with Crippen molar-refractivity contribution in [2.24, 2.45) is 5.73 Å². The number of para-hydroxylation sites is 1. The Bertz CT molecular complexity index is 806. The summed E-state index contributed by atoms with van der Waals surface area (Å²) in [6.45, 7) is 3.42. The average molecular weight is 376 g/mol. The summed E-state index contributed by atoms with van der Waals surface area (Å²) in [5, 5.41) is 8.59. The zero-order valence-electron chi connectivity index (χ0n) is 14.4. The van der Waals surface area contributed by atoms with Crippen LogP contribution in [0.15, 0.2) is 34.9 Å². The number of aromatic nitrogens is 1. The van der Waals surface area contributed by atoms with Crippen LogP contribution in [0.4, 0.5) is 11.5 Å². The number of anilines is 2. The van der Waals surface area contributed by atoms with Crippen molar-refractivity contribution < 1.29 is 18.9 Å². The number of amides is 3. The molecular formula is C17H20N4O4S. The SMILES string of the molecule is Cc1cc(NC(=O)C(C)SCC(=O)Nc2ccccc2CC(N)=O)no1. The number of benzene rings is 1. The lowest BCUT2D eigenvalue weighted by Crippen LogP contribution is -2.25. The topological polar surface area (TPSA) is 127 Å². The molecule has 138 valence electrons. The number of primary amides is 1. The van der Waals surface area contributed by atoms with E-state index in [9.17, 15) is 14.4 Å². The fourth-order valence-electron chi connectivity index (χ4n) is 2.10. The Morgan fingerprint density at radius 1 is 1.27 bits per heavy atom. The third kappa shape index (κ3) is 5.92. The van der Waals surface area contributed by atoms with E-state index < -0.39 is 11.2 Å². The molecule has 2 rings (SSSR count). The van der Waals surface area contributed by atoms with E-state index in [1.54, 1.807) is 44.2 Å². The molecular weight excluding hydrogens is 356 g/mol. The largest absolute Gasteiger partial charge is 0.369 e. The van der Waals surface area contributed by atoms with Gasteiger partial charge in [0.25, 0.3) is 0 Å². The van der Waals surface area contributed by atoms with Crippen LogP contribution in [-0.4, -0.2) is 33.9 Å². The molecule has 0 saturated carbocycles. The summed E-state index contributed by atoms with van der Waals surface area (Å²) in [5.41, 5.74) is 6.39. The van der Waals surface area contributed by atoms with Gasteiger partial charge in [-0.15, -0.1) is 11.8 Å². The van der Waals surface area contributed by atoms with E-state index in [1.165, 1.54) is 11.8 Å². The maximum atomic E-state index is 12.1. The zero-order chi connectivity index (χ0) is 19.1. The molecule has 8 nitrogen and oxygen atoms in total. The van der Waals surface area contributed by atoms with Crippen molar-refractivity contribution in [1.29, 1.82) is 0 Å². The molecule has 26 heavy (non-hydrogen) atoms. The third-order valence-corrected chi connectivity index (χ3v) is 4.51. The summed E-state index contributed by atoms with van der Waals surface area (Å²) in [7, 11) is 0. The van der Waals surface area contributed by atoms with Crippen LogP contribution in [-0.2, 0) is 20.8 Å². The molecule has 1 unspecified atom stereocenters. The van der Waals surface area contributed by atoms with Gasteiger partial charge in [-0.1, -0.05) is 23.4 Å². The quantitative estimate of drug-likeness (QED) is 0.643. The van der Waals surface area contributed by atoms with E-state index in [-0.39, 0.29) is 24.0 Å². The Morgan fingerprint density at radius 3 is 2.65 bits per heavy atom. The van der Waals surface area contributed by atoms with E-state index in [0.717, 1.165) is 0 Å². The van der Waals surface area contributed by atoms with Crippen LogP contribution < -0.4 is 16.4 Å². The first-order valence-electron chi connectivity index (χ1n) is 7.87. The zero-order valence-corrected chi connectivity index (χ0v) is 15.3. The van der Waals surface area contributed by atoms with Crippen LogP contribution >= 0.6 is 11.8 Å².